The van der Waals surface area contributed by atoms with Crippen LogP contribution in [0.4, 0.5) is 0 Å². The number of fused-ring (bicyclic) bond motifs is 7. The Morgan fingerprint density at radius 2 is 0.982 bits per heavy atom. The average Bonchev–Trinajstić information content (AvgIpc) is 4.08. The standard InChI is InChI=1S/C52H38N4O/c1-32-29-33(2)52(57)39(30-32)38-31-46-49(36-19-11-5-12-20-36)44-26-25-42(54-44)47(34-15-7-3-8-16-34)40-23-24-41(53-40)48(35-17-9-4-10-18-35)43-27-28-45(55-43)50(51(38)56-46)37-21-13-6-14-22-37/h3-31,53-54,56H,1-2H3/b39-38+,47-42-,48-43-,49-44-,51-50-. The van der Waals surface area contributed by atoms with Gasteiger partial charge in [0.25, 0.3) is 0 Å². The van der Waals surface area contributed by atoms with E-state index in [0.717, 1.165) is 99.9 Å². The van der Waals surface area contributed by atoms with Crippen LogP contribution in [0.2, 0.25) is 0 Å². The molecule has 2 aliphatic heterocycles. The fourth-order valence-corrected chi connectivity index (χ4v) is 8.36. The van der Waals surface area contributed by atoms with Crippen LogP contribution < -0.4 is 21.3 Å². The second-order valence-electron chi connectivity index (χ2n) is 14.7. The van der Waals surface area contributed by atoms with Gasteiger partial charge < -0.3 is 15.0 Å². The molecule has 7 aromatic rings. The summed E-state index contributed by atoms with van der Waals surface area (Å²) in [6.45, 7) is 3.95. The van der Waals surface area contributed by atoms with Gasteiger partial charge in [-0.3, -0.25) is 4.79 Å². The monoisotopic (exact) mass is 734 g/mol. The number of carbonyl (C=O) groups is 1. The van der Waals surface area contributed by atoms with Crippen LogP contribution in [0.15, 0.2) is 198 Å². The van der Waals surface area contributed by atoms with Crippen LogP contribution in [0.5, 0.6) is 0 Å². The zero-order valence-electron chi connectivity index (χ0n) is 31.6. The summed E-state index contributed by atoms with van der Waals surface area (Å²) in [6.07, 6.45) is 8.19. The topological polar surface area (TPSA) is 76.8 Å². The lowest BCUT2D eigenvalue weighted by atomic mass is 9.92. The molecule has 5 heterocycles. The molecule has 0 radical (unpaired) electrons. The summed E-state index contributed by atoms with van der Waals surface area (Å²) in [5.41, 5.74) is 15.0. The number of ketones is 1. The predicted octanol–water partition coefficient (Wildman–Crippen LogP) is 7.77. The van der Waals surface area contributed by atoms with Gasteiger partial charge in [0.05, 0.1) is 16.8 Å². The summed E-state index contributed by atoms with van der Waals surface area (Å²) in [6, 6.07) is 52.5. The number of benzene rings is 4. The molecule has 5 heteroatoms. The second kappa shape index (κ2) is 14.0. The van der Waals surface area contributed by atoms with E-state index >= 15 is 0 Å². The number of Topliss-reactive ketones (excluding diaryl/α,β-unsaturated/α-hetero) is 1. The molecule has 10 rings (SSSR count). The Morgan fingerprint density at radius 1 is 0.474 bits per heavy atom. The Morgan fingerprint density at radius 3 is 1.56 bits per heavy atom. The van der Waals surface area contributed by atoms with Crippen molar-refractivity contribution in [1.29, 1.82) is 0 Å². The minimum Gasteiger partial charge on any atom is -0.354 e. The van der Waals surface area contributed by atoms with Gasteiger partial charge >= 0.3 is 0 Å². The largest absolute Gasteiger partial charge is 0.354 e. The molecule has 272 valence electrons. The van der Waals surface area contributed by atoms with Crippen molar-refractivity contribution in [2.45, 2.75) is 13.8 Å². The van der Waals surface area contributed by atoms with Crippen LogP contribution >= 0.6 is 0 Å². The van der Waals surface area contributed by atoms with Crippen molar-refractivity contribution in [2.24, 2.45) is 4.99 Å². The number of hydrogen-bond donors (Lipinski definition) is 3. The molecular formula is C52H38N4O. The van der Waals surface area contributed by atoms with E-state index in [1.54, 1.807) is 0 Å². The number of H-pyrrole nitrogens is 3. The van der Waals surface area contributed by atoms with E-state index in [4.69, 9.17) is 4.99 Å². The number of rotatable bonds is 4. The first-order valence-electron chi connectivity index (χ1n) is 19.3. The summed E-state index contributed by atoms with van der Waals surface area (Å²) in [5.74, 6) is 0.00869. The van der Waals surface area contributed by atoms with Crippen molar-refractivity contribution in [3.8, 4) is 0 Å². The number of nitrogens with zero attached hydrogens (tertiary/aromatic N) is 1. The smallest absolute Gasteiger partial charge is 0.189 e. The van der Waals surface area contributed by atoms with E-state index < -0.39 is 0 Å². The summed E-state index contributed by atoms with van der Waals surface area (Å²) in [4.78, 5) is 31.3. The van der Waals surface area contributed by atoms with Crippen LogP contribution in [0.25, 0.3) is 27.9 Å². The van der Waals surface area contributed by atoms with E-state index in [9.17, 15) is 4.79 Å². The van der Waals surface area contributed by atoms with Crippen molar-refractivity contribution < 1.29 is 4.79 Å². The zero-order chi connectivity index (χ0) is 38.5. The number of aromatic nitrogens is 3. The number of aromatic amines is 3. The van der Waals surface area contributed by atoms with Gasteiger partial charge in [-0.2, -0.15) is 0 Å². The molecule has 0 spiro atoms. The quantitative estimate of drug-likeness (QED) is 0.170. The van der Waals surface area contributed by atoms with Crippen LogP contribution in [-0.4, -0.2) is 26.4 Å². The minimum atomic E-state index is 0.00869. The molecule has 5 nitrogen and oxygen atoms in total. The molecule has 3 N–H and O–H groups in total. The third-order valence-electron chi connectivity index (χ3n) is 10.9. The molecule has 1 aliphatic carbocycles. The van der Waals surface area contributed by atoms with E-state index in [1.165, 1.54) is 0 Å². The number of nitrogens with one attached hydrogen (secondary N) is 3. The summed E-state index contributed by atoms with van der Waals surface area (Å²) < 4.78 is 0. The third-order valence-corrected chi connectivity index (χ3v) is 10.9. The highest BCUT2D eigenvalue weighted by atomic mass is 16.1. The number of allylic oxidation sites excluding steroid dienone is 6. The molecule has 3 aliphatic rings. The maximum absolute atomic E-state index is 14.2. The first-order chi connectivity index (χ1) is 28.0. The highest BCUT2D eigenvalue weighted by Crippen LogP contribution is 2.33. The van der Waals surface area contributed by atoms with Crippen molar-refractivity contribution in [3.05, 3.63) is 253 Å². The van der Waals surface area contributed by atoms with Gasteiger partial charge in [-0.05, 0) is 95.8 Å². The first-order valence-corrected chi connectivity index (χ1v) is 19.3. The van der Waals surface area contributed by atoms with Gasteiger partial charge in [0, 0.05) is 60.9 Å². The summed E-state index contributed by atoms with van der Waals surface area (Å²) >= 11 is 0. The summed E-state index contributed by atoms with van der Waals surface area (Å²) in [5, 5.41) is 3.57. The van der Waals surface area contributed by atoms with Crippen LogP contribution in [0, 0.1) is 0 Å². The van der Waals surface area contributed by atoms with Crippen molar-refractivity contribution in [3.63, 3.8) is 0 Å². The number of carbonyl (C=O) groups excluding carboxylic acids is 1. The van der Waals surface area contributed by atoms with Gasteiger partial charge in [-0.1, -0.05) is 127 Å². The van der Waals surface area contributed by atoms with Crippen LogP contribution in [-0.2, 0) is 4.79 Å². The van der Waals surface area contributed by atoms with Gasteiger partial charge in [0.2, 0.25) is 0 Å². The molecule has 3 aromatic heterocycles. The highest BCUT2D eigenvalue weighted by molar-refractivity contribution is 6.31. The van der Waals surface area contributed by atoms with Crippen molar-refractivity contribution in [2.75, 3.05) is 0 Å². The van der Waals surface area contributed by atoms with E-state index in [1.807, 2.05) is 50.3 Å². The van der Waals surface area contributed by atoms with Gasteiger partial charge in [0.1, 0.15) is 0 Å². The highest BCUT2D eigenvalue weighted by Gasteiger charge is 2.24. The Kier molecular flexibility index (Phi) is 8.34. The van der Waals surface area contributed by atoms with E-state index in [0.29, 0.717) is 11.1 Å². The molecule has 0 fully saturated rings. The Hall–Kier alpha value is -7.50. The lowest BCUT2D eigenvalue weighted by Gasteiger charge is -2.11. The molecule has 0 saturated heterocycles. The molecule has 4 aromatic carbocycles. The fourth-order valence-electron chi connectivity index (χ4n) is 8.36. The van der Waals surface area contributed by atoms with Gasteiger partial charge in [-0.15, -0.1) is 0 Å². The van der Waals surface area contributed by atoms with Crippen molar-refractivity contribution in [1.82, 2.24) is 15.0 Å². The normalized spacial score (nSPS) is 20.3. The SMILES string of the molecule is CC1=C/C(=c2/cc3[nH]/c2=C(/c2ccccc2)C2=N/C(=C(/c4ccccc4)c4ccc([nH]4)/C(c4ccccc4)=c4/cc/c([nH]4)=C/3c3ccccc3)C=C2)C(=O)C(C)=C1. The van der Waals surface area contributed by atoms with Crippen molar-refractivity contribution >= 4 is 39.4 Å². The molecular weight excluding hydrogens is 697 g/mol. The molecule has 0 saturated carbocycles. The van der Waals surface area contributed by atoms with Crippen LogP contribution in [0.1, 0.15) is 53.2 Å². The van der Waals surface area contributed by atoms with Gasteiger partial charge in [-0.25, -0.2) is 4.99 Å². The minimum absolute atomic E-state index is 0.00869. The molecule has 0 unspecified atom stereocenters. The van der Waals surface area contributed by atoms with Crippen LogP contribution in [0.3, 0.4) is 0 Å². The number of aliphatic imine (C=N–C) groups is 1. The number of hydrogen-bond acceptors (Lipinski definition) is 2. The van der Waals surface area contributed by atoms with Gasteiger partial charge in [0.15, 0.2) is 5.78 Å². The zero-order valence-corrected chi connectivity index (χ0v) is 31.6. The third kappa shape index (κ3) is 6.06. The molecule has 57 heavy (non-hydrogen) atoms. The first kappa shape index (κ1) is 34.0. The molecule has 8 bridgehead atoms. The second-order valence-corrected chi connectivity index (χ2v) is 14.7. The van der Waals surface area contributed by atoms with E-state index in [-0.39, 0.29) is 5.78 Å². The lowest BCUT2D eigenvalue weighted by Crippen LogP contribution is -2.32. The fraction of sp³-hybridized carbons (Fsp3) is 0.0385. The Labute approximate surface area is 330 Å². The lowest BCUT2D eigenvalue weighted by molar-refractivity contribution is -0.110. The van der Waals surface area contributed by atoms with E-state index in [2.05, 4.69) is 154 Å². The maximum atomic E-state index is 14.2. The maximum Gasteiger partial charge on any atom is 0.189 e. The average molecular weight is 735 g/mol. The molecule has 0 amide bonds. The Bertz CT molecular complexity index is 3160. The summed E-state index contributed by atoms with van der Waals surface area (Å²) in [7, 11) is 0. The molecule has 0 atom stereocenters. The predicted molar refractivity (Wildman–Crippen MR) is 231 cm³/mol. The Balaban J connectivity index is 1.43.